The van der Waals surface area contributed by atoms with Crippen molar-refractivity contribution in [3.8, 4) is 0 Å². The molecule has 1 aliphatic rings. The molecule has 80 valence electrons. The molecule has 2 rings (SSSR count). The normalized spacial score (nSPS) is 21.1. The minimum absolute atomic E-state index is 0.0978. The van der Waals surface area contributed by atoms with Crippen molar-refractivity contribution in [3.05, 3.63) is 35.6 Å². The topological polar surface area (TPSA) is 29.5 Å². The van der Waals surface area contributed by atoms with Gasteiger partial charge in [-0.15, -0.1) is 0 Å². The number of rotatable bonds is 2. The van der Waals surface area contributed by atoms with Crippen molar-refractivity contribution in [2.75, 3.05) is 6.61 Å². The van der Waals surface area contributed by atoms with Gasteiger partial charge in [-0.2, -0.15) is 0 Å². The van der Waals surface area contributed by atoms with E-state index in [4.69, 9.17) is 4.84 Å². The van der Waals surface area contributed by atoms with E-state index in [1.54, 1.807) is 12.1 Å². The van der Waals surface area contributed by atoms with Crippen LogP contribution in [-0.4, -0.2) is 22.4 Å². The van der Waals surface area contributed by atoms with Gasteiger partial charge in [-0.1, -0.05) is 28.1 Å². The first-order valence-electron chi connectivity index (χ1n) is 4.49. The molecule has 0 bridgehead atoms. The van der Waals surface area contributed by atoms with Crippen LogP contribution in [0.3, 0.4) is 0 Å². The van der Waals surface area contributed by atoms with Gasteiger partial charge in [-0.05, 0) is 17.7 Å². The lowest BCUT2D eigenvalue weighted by atomic mass is 10.2. The second-order valence-corrected chi connectivity index (χ2v) is 4.37. The van der Waals surface area contributed by atoms with Crippen LogP contribution in [0, 0.1) is 5.82 Å². The van der Waals surface area contributed by atoms with Gasteiger partial charge in [-0.25, -0.2) is 9.45 Å². The summed E-state index contributed by atoms with van der Waals surface area (Å²) in [5.74, 6) is -0.384. The maximum Gasteiger partial charge on any atom is 0.262 e. The first-order valence-corrected chi connectivity index (χ1v) is 5.41. The maximum absolute atomic E-state index is 12.6. The van der Waals surface area contributed by atoms with Crippen molar-refractivity contribution in [2.45, 2.75) is 11.4 Å². The Kier molecular flexibility index (Phi) is 3.02. The standard InChI is InChI=1S/C10H9BrFNO2/c11-9-6-15-13(10(9)14)5-7-1-3-8(12)4-2-7/h1-4,9H,5-6H2. The van der Waals surface area contributed by atoms with Crippen molar-refractivity contribution in [2.24, 2.45) is 0 Å². The predicted octanol–water partition coefficient (Wildman–Crippen LogP) is 1.86. The number of nitrogens with zero attached hydrogens (tertiary/aromatic N) is 1. The fraction of sp³-hybridized carbons (Fsp3) is 0.300. The molecule has 0 N–H and O–H groups in total. The maximum atomic E-state index is 12.6. The molecule has 0 saturated carbocycles. The van der Waals surface area contributed by atoms with Gasteiger partial charge in [-0.3, -0.25) is 9.63 Å². The van der Waals surface area contributed by atoms with Gasteiger partial charge in [0.15, 0.2) is 0 Å². The fourth-order valence-corrected chi connectivity index (χ4v) is 1.67. The summed E-state index contributed by atoms with van der Waals surface area (Å²) in [5.41, 5.74) is 0.839. The zero-order chi connectivity index (χ0) is 10.8. The van der Waals surface area contributed by atoms with Crippen LogP contribution in [0.25, 0.3) is 0 Å². The van der Waals surface area contributed by atoms with Crippen molar-refractivity contribution >= 4 is 21.8 Å². The summed E-state index contributed by atoms with van der Waals surface area (Å²) < 4.78 is 12.6. The lowest BCUT2D eigenvalue weighted by Crippen LogP contribution is -2.25. The Bertz CT molecular complexity index is 368. The summed E-state index contributed by atoms with van der Waals surface area (Å²) in [6, 6.07) is 5.99. The molecule has 1 aromatic rings. The summed E-state index contributed by atoms with van der Waals surface area (Å²) in [6.07, 6.45) is 0. The molecule has 1 aromatic carbocycles. The SMILES string of the molecule is O=C1C(Br)CON1Cc1ccc(F)cc1. The Hall–Kier alpha value is -0.940. The molecule has 0 radical (unpaired) electrons. The summed E-state index contributed by atoms with van der Waals surface area (Å²) >= 11 is 3.19. The van der Waals surface area contributed by atoms with Crippen LogP contribution in [0.15, 0.2) is 24.3 Å². The molecular weight excluding hydrogens is 265 g/mol. The number of halogens is 2. The van der Waals surface area contributed by atoms with Crippen molar-refractivity contribution in [1.82, 2.24) is 5.06 Å². The van der Waals surface area contributed by atoms with Crippen molar-refractivity contribution in [3.63, 3.8) is 0 Å². The first kappa shape index (κ1) is 10.6. The minimum atomic E-state index is -0.286. The van der Waals surface area contributed by atoms with Gasteiger partial charge in [0, 0.05) is 0 Å². The zero-order valence-corrected chi connectivity index (χ0v) is 9.41. The average molecular weight is 274 g/mol. The lowest BCUT2D eigenvalue weighted by Gasteiger charge is -2.13. The molecule has 0 aliphatic carbocycles. The van der Waals surface area contributed by atoms with Gasteiger partial charge in [0.2, 0.25) is 0 Å². The van der Waals surface area contributed by atoms with Crippen molar-refractivity contribution < 1.29 is 14.0 Å². The molecule has 1 aliphatic heterocycles. The summed E-state index contributed by atoms with van der Waals surface area (Å²) in [4.78, 5) is 16.3. The second kappa shape index (κ2) is 4.28. The predicted molar refractivity (Wildman–Crippen MR) is 55.6 cm³/mol. The van der Waals surface area contributed by atoms with Crippen LogP contribution in [0.4, 0.5) is 4.39 Å². The van der Waals surface area contributed by atoms with Crippen LogP contribution in [0.1, 0.15) is 5.56 Å². The van der Waals surface area contributed by atoms with E-state index < -0.39 is 0 Å². The monoisotopic (exact) mass is 273 g/mol. The molecule has 1 saturated heterocycles. The summed E-state index contributed by atoms with van der Waals surface area (Å²) in [7, 11) is 0. The largest absolute Gasteiger partial charge is 0.271 e. The highest BCUT2D eigenvalue weighted by Crippen LogP contribution is 2.17. The molecule has 1 amide bonds. The molecular formula is C10H9BrFNO2. The molecule has 1 heterocycles. The fourth-order valence-electron chi connectivity index (χ4n) is 1.33. The van der Waals surface area contributed by atoms with Gasteiger partial charge >= 0.3 is 0 Å². The number of carbonyl (C=O) groups excluding carboxylic acids is 1. The van der Waals surface area contributed by atoms with E-state index >= 15 is 0 Å². The number of carbonyl (C=O) groups is 1. The number of hydrogen-bond donors (Lipinski definition) is 0. The highest BCUT2D eigenvalue weighted by Gasteiger charge is 2.30. The number of amides is 1. The van der Waals surface area contributed by atoms with E-state index in [1.165, 1.54) is 17.2 Å². The van der Waals surface area contributed by atoms with E-state index in [-0.39, 0.29) is 16.6 Å². The average Bonchev–Trinajstić information content (AvgIpc) is 2.53. The Morgan fingerprint density at radius 3 is 2.67 bits per heavy atom. The molecule has 1 atom stereocenters. The van der Waals surface area contributed by atoms with Crippen LogP contribution in [0.5, 0.6) is 0 Å². The van der Waals surface area contributed by atoms with Crippen LogP contribution in [-0.2, 0) is 16.2 Å². The minimum Gasteiger partial charge on any atom is -0.271 e. The second-order valence-electron chi connectivity index (χ2n) is 3.26. The van der Waals surface area contributed by atoms with E-state index in [9.17, 15) is 9.18 Å². The molecule has 1 fully saturated rings. The van der Waals surface area contributed by atoms with Gasteiger partial charge in [0.1, 0.15) is 10.6 Å². The number of benzene rings is 1. The lowest BCUT2D eigenvalue weighted by molar-refractivity contribution is -0.164. The van der Waals surface area contributed by atoms with E-state index in [0.717, 1.165) is 5.56 Å². The molecule has 1 unspecified atom stereocenters. The van der Waals surface area contributed by atoms with E-state index in [2.05, 4.69) is 15.9 Å². The van der Waals surface area contributed by atoms with Crippen LogP contribution in [0.2, 0.25) is 0 Å². The Morgan fingerprint density at radius 2 is 2.13 bits per heavy atom. The third-order valence-corrected chi connectivity index (χ3v) is 2.79. The molecule has 0 spiro atoms. The Labute approximate surface area is 94.9 Å². The molecule has 15 heavy (non-hydrogen) atoms. The number of alkyl halides is 1. The smallest absolute Gasteiger partial charge is 0.262 e. The quantitative estimate of drug-likeness (QED) is 0.770. The van der Waals surface area contributed by atoms with Gasteiger partial charge in [0.05, 0.1) is 13.2 Å². The number of hydroxylamine groups is 2. The molecule has 0 aromatic heterocycles. The highest BCUT2D eigenvalue weighted by molar-refractivity contribution is 9.10. The van der Waals surface area contributed by atoms with Crippen molar-refractivity contribution in [1.29, 1.82) is 0 Å². The van der Waals surface area contributed by atoms with Crippen LogP contribution < -0.4 is 0 Å². The van der Waals surface area contributed by atoms with E-state index in [1.807, 2.05) is 0 Å². The highest BCUT2D eigenvalue weighted by atomic mass is 79.9. The molecule has 5 heteroatoms. The Balaban J connectivity index is 2.03. The first-order chi connectivity index (χ1) is 7.16. The van der Waals surface area contributed by atoms with Gasteiger partial charge < -0.3 is 0 Å². The van der Waals surface area contributed by atoms with Gasteiger partial charge in [0.25, 0.3) is 5.91 Å². The van der Waals surface area contributed by atoms with Crippen LogP contribution >= 0.6 is 15.9 Å². The summed E-state index contributed by atoms with van der Waals surface area (Å²) in [5, 5.41) is 1.28. The molecule has 3 nitrogen and oxygen atoms in total. The Morgan fingerprint density at radius 1 is 1.47 bits per heavy atom. The zero-order valence-electron chi connectivity index (χ0n) is 7.82. The third kappa shape index (κ3) is 2.35. The summed E-state index contributed by atoms with van der Waals surface area (Å²) in [6.45, 7) is 0.696. The number of hydrogen-bond acceptors (Lipinski definition) is 2. The third-order valence-electron chi connectivity index (χ3n) is 2.13. The van der Waals surface area contributed by atoms with E-state index in [0.29, 0.717) is 13.2 Å².